The zero-order valence-corrected chi connectivity index (χ0v) is 11.2. The number of nitrogen functional groups attached to an aromatic ring is 1. The predicted molar refractivity (Wildman–Crippen MR) is 72.3 cm³/mol. The lowest BCUT2D eigenvalue weighted by atomic mass is 10.2. The zero-order valence-electron chi connectivity index (χ0n) is 10.3. The maximum absolute atomic E-state index is 12.4. The quantitative estimate of drug-likeness (QED) is 0.891. The van der Waals surface area contributed by atoms with Crippen LogP contribution in [0.3, 0.4) is 0 Å². The molecule has 2 heterocycles. The summed E-state index contributed by atoms with van der Waals surface area (Å²) in [6.45, 7) is 2.78. The van der Waals surface area contributed by atoms with E-state index in [1.54, 1.807) is 6.07 Å². The van der Waals surface area contributed by atoms with Crippen LogP contribution in [0.1, 0.15) is 23.8 Å². The molecule has 17 heavy (non-hydrogen) atoms. The first kappa shape index (κ1) is 12.4. The molecule has 1 aliphatic rings. The number of aromatic nitrogens is 1. The van der Waals surface area contributed by atoms with Gasteiger partial charge in [0.25, 0.3) is 5.91 Å². The Balaban J connectivity index is 2.17. The Morgan fingerprint density at radius 3 is 3.06 bits per heavy atom. The monoisotopic (exact) mass is 253 g/mol. The van der Waals surface area contributed by atoms with E-state index in [1.807, 2.05) is 41.4 Å². The minimum absolute atomic E-state index is 0.0797. The third kappa shape index (κ3) is 2.44. The number of anilines is 1. The number of hydrogen-bond donors (Lipinski definition) is 1. The van der Waals surface area contributed by atoms with Gasteiger partial charge in [-0.1, -0.05) is 0 Å². The van der Waals surface area contributed by atoms with Gasteiger partial charge in [0.1, 0.15) is 5.69 Å². The molecule has 1 unspecified atom stereocenters. The molecule has 1 saturated heterocycles. The van der Waals surface area contributed by atoms with E-state index in [0.29, 0.717) is 17.4 Å². The lowest BCUT2D eigenvalue weighted by molar-refractivity contribution is 0.0737. The van der Waals surface area contributed by atoms with E-state index >= 15 is 0 Å². The van der Waals surface area contributed by atoms with Gasteiger partial charge in [-0.15, -0.1) is 0 Å². The molecule has 1 fully saturated rings. The summed E-state index contributed by atoms with van der Waals surface area (Å²) in [5.41, 5.74) is 7.11. The van der Waals surface area contributed by atoms with Crippen molar-refractivity contribution in [1.82, 2.24) is 9.47 Å². The molecular formula is C12H19N3OS. The molecule has 0 aromatic carbocycles. The summed E-state index contributed by atoms with van der Waals surface area (Å²) >= 11 is 1.91. The first-order valence-electron chi connectivity index (χ1n) is 5.94. The second-order valence-electron chi connectivity index (χ2n) is 4.38. The van der Waals surface area contributed by atoms with Crippen molar-refractivity contribution in [2.45, 2.75) is 25.9 Å². The van der Waals surface area contributed by atoms with Gasteiger partial charge in [0.15, 0.2) is 0 Å². The number of amides is 1. The van der Waals surface area contributed by atoms with Crippen molar-refractivity contribution in [1.29, 1.82) is 0 Å². The second kappa shape index (κ2) is 5.04. The van der Waals surface area contributed by atoms with Gasteiger partial charge >= 0.3 is 0 Å². The highest BCUT2D eigenvalue weighted by Crippen LogP contribution is 2.23. The van der Waals surface area contributed by atoms with Crippen LogP contribution in [0.2, 0.25) is 0 Å². The van der Waals surface area contributed by atoms with Crippen LogP contribution in [0.5, 0.6) is 0 Å². The highest BCUT2D eigenvalue weighted by molar-refractivity contribution is 7.99. The van der Waals surface area contributed by atoms with Crippen LogP contribution < -0.4 is 5.73 Å². The largest absolute Gasteiger partial charge is 0.397 e. The van der Waals surface area contributed by atoms with Gasteiger partial charge in [-0.3, -0.25) is 4.79 Å². The summed E-state index contributed by atoms with van der Waals surface area (Å²) in [4.78, 5) is 14.2. The lowest BCUT2D eigenvalue weighted by Gasteiger charge is -2.24. The number of aryl methyl sites for hydroxylation is 1. The second-order valence-corrected chi connectivity index (χ2v) is 5.53. The van der Waals surface area contributed by atoms with Crippen molar-refractivity contribution in [2.24, 2.45) is 0 Å². The number of carbonyl (C=O) groups is 1. The molecule has 94 valence electrons. The minimum Gasteiger partial charge on any atom is -0.397 e. The molecule has 1 aliphatic heterocycles. The summed E-state index contributed by atoms with van der Waals surface area (Å²) in [6.07, 6.45) is 2.92. The van der Waals surface area contributed by atoms with Crippen LogP contribution in [0.4, 0.5) is 5.69 Å². The van der Waals surface area contributed by atoms with E-state index in [9.17, 15) is 4.79 Å². The molecule has 0 bridgehead atoms. The Morgan fingerprint density at radius 2 is 2.47 bits per heavy atom. The number of carbonyl (C=O) groups excluding carboxylic acids is 1. The van der Waals surface area contributed by atoms with E-state index in [1.165, 1.54) is 0 Å². The average Bonchev–Trinajstić information content (AvgIpc) is 2.95. The van der Waals surface area contributed by atoms with Crippen LogP contribution in [-0.4, -0.2) is 40.0 Å². The molecule has 5 heteroatoms. The first-order valence-corrected chi connectivity index (χ1v) is 7.09. The van der Waals surface area contributed by atoms with Crippen molar-refractivity contribution in [3.05, 3.63) is 18.0 Å². The molecule has 0 saturated carbocycles. The van der Waals surface area contributed by atoms with E-state index in [-0.39, 0.29) is 5.91 Å². The number of rotatable bonds is 3. The lowest BCUT2D eigenvalue weighted by Crippen LogP contribution is -2.37. The molecule has 4 nitrogen and oxygen atoms in total. The summed E-state index contributed by atoms with van der Waals surface area (Å²) in [5.74, 6) is 2.28. The van der Waals surface area contributed by atoms with Crippen LogP contribution >= 0.6 is 11.8 Å². The van der Waals surface area contributed by atoms with Gasteiger partial charge < -0.3 is 15.2 Å². The van der Waals surface area contributed by atoms with Gasteiger partial charge in [-0.25, -0.2) is 0 Å². The van der Waals surface area contributed by atoms with Crippen molar-refractivity contribution in [3.8, 4) is 0 Å². The number of nitrogens with two attached hydrogens (primary N) is 1. The normalized spacial score (nSPS) is 19.5. The molecule has 1 amide bonds. The minimum atomic E-state index is 0.0797. The molecule has 0 spiro atoms. The molecule has 1 aromatic heterocycles. The van der Waals surface area contributed by atoms with Gasteiger partial charge in [0.2, 0.25) is 0 Å². The third-order valence-corrected chi connectivity index (χ3v) is 4.40. The Hall–Kier alpha value is -1.10. The van der Waals surface area contributed by atoms with Crippen LogP contribution in [-0.2, 0) is 6.54 Å². The SMILES string of the molecule is CCn1cc(N)cc1C(=O)N(C)C1CCSC1. The van der Waals surface area contributed by atoms with E-state index in [0.717, 1.165) is 24.5 Å². The predicted octanol–water partition coefficient (Wildman–Crippen LogP) is 1.67. The van der Waals surface area contributed by atoms with E-state index in [2.05, 4.69) is 0 Å². The van der Waals surface area contributed by atoms with Crippen molar-refractivity contribution < 1.29 is 4.79 Å². The van der Waals surface area contributed by atoms with Crippen LogP contribution in [0.15, 0.2) is 12.3 Å². The van der Waals surface area contributed by atoms with Gasteiger partial charge in [-0.2, -0.15) is 11.8 Å². The fraction of sp³-hybridized carbons (Fsp3) is 0.583. The topological polar surface area (TPSA) is 51.3 Å². The Labute approximate surface area is 106 Å². The first-order chi connectivity index (χ1) is 8.13. The van der Waals surface area contributed by atoms with Crippen molar-refractivity contribution in [3.63, 3.8) is 0 Å². The molecule has 1 aromatic rings. The van der Waals surface area contributed by atoms with E-state index < -0.39 is 0 Å². The Bertz CT molecular complexity index is 410. The smallest absolute Gasteiger partial charge is 0.270 e. The number of thioether (sulfide) groups is 1. The Morgan fingerprint density at radius 1 is 1.71 bits per heavy atom. The van der Waals surface area contributed by atoms with Crippen LogP contribution in [0, 0.1) is 0 Å². The number of nitrogens with zero attached hydrogens (tertiary/aromatic N) is 2. The summed E-state index contributed by atoms with van der Waals surface area (Å²) in [7, 11) is 1.89. The maximum Gasteiger partial charge on any atom is 0.270 e. The third-order valence-electron chi connectivity index (χ3n) is 3.25. The fourth-order valence-electron chi connectivity index (χ4n) is 2.15. The summed E-state index contributed by atoms with van der Waals surface area (Å²) in [6, 6.07) is 2.14. The van der Waals surface area contributed by atoms with Crippen molar-refractivity contribution >= 4 is 23.4 Å². The highest BCUT2D eigenvalue weighted by Gasteiger charge is 2.26. The zero-order chi connectivity index (χ0) is 12.4. The van der Waals surface area contributed by atoms with Crippen molar-refractivity contribution in [2.75, 3.05) is 24.3 Å². The summed E-state index contributed by atoms with van der Waals surface area (Å²) < 4.78 is 1.91. The average molecular weight is 253 g/mol. The molecular weight excluding hydrogens is 234 g/mol. The molecule has 0 radical (unpaired) electrons. The standard InChI is InChI=1S/C12H19N3OS/c1-3-15-7-9(13)6-11(15)12(16)14(2)10-4-5-17-8-10/h6-7,10H,3-5,8,13H2,1-2H3. The maximum atomic E-state index is 12.4. The van der Waals surface area contributed by atoms with Gasteiger partial charge in [0, 0.05) is 31.6 Å². The van der Waals surface area contributed by atoms with Gasteiger partial charge in [-0.05, 0) is 25.2 Å². The summed E-state index contributed by atoms with van der Waals surface area (Å²) in [5, 5.41) is 0. The molecule has 0 aliphatic carbocycles. The molecule has 1 atom stereocenters. The molecule has 2 rings (SSSR count). The number of hydrogen-bond acceptors (Lipinski definition) is 3. The molecule has 2 N–H and O–H groups in total. The Kier molecular flexibility index (Phi) is 3.66. The van der Waals surface area contributed by atoms with Gasteiger partial charge in [0.05, 0.1) is 5.69 Å². The fourth-order valence-corrected chi connectivity index (χ4v) is 3.42. The highest BCUT2D eigenvalue weighted by atomic mass is 32.2. The van der Waals surface area contributed by atoms with Crippen LogP contribution in [0.25, 0.3) is 0 Å². The van der Waals surface area contributed by atoms with E-state index in [4.69, 9.17) is 5.73 Å².